The Kier molecular flexibility index (Phi) is 3.44. The van der Waals surface area contributed by atoms with Gasteiger partial charge in [-0.15, -0.1) is 0 Å². The van der Waals surface area contributed by atoms with Gasteiger partial charge in [-0.2, -0.15) is 5.26 Å². The Balaban J connectivity index is 2.22. The van der Waals surface area contributed by atoms with Gasteiger partial charge in [0.25, 0.3) is 0 Å². The maximum absolute atomic E-state index is 9.27. The second-order valence-electron chi connectivity index (χ2n) is 5.32. The Hall–Kier alpha value is -1.01. The van der Waals surface area contributed by atoms with E-state index in [9.17, 15) is 5.26 Å². The van der Waals surface area contributed by atoms with Crippen molar-refractivity contribution in [3.63, 3.8) is 0 Å². The van der Waals surface area contributed by atoms with Crippen LogP contribution in [-0.4, -0.2) is 13.1 Å². The fourth-order valence-electron chi connectivity index (χ4n) is 2.30. The maximum atomic E-state index is 9.27. The van der Waals surface area contributed by atoms with Crippen LogP contribution >= 0.6 is 15.9 Å². The first-order valence-electron chi connectivity index (χ1n) is 5.94. The van der Waals surface area contributed by atoms with Gasteiger partial charge in [-0.05, 0) is 39.9 Å². The minimum atomic E-state index is 0.100. The van der Waals surface area contributed by atoms with Crippen LogP contribution < -0.4 is 4.90 Å². The molecule has 1 aliphatic heterocycles. The molecule has 3 heteroatoms. The van der Waals surface area contributed by atoms with E-state index >= 15 is 0 Å². The van der Waals surface area contributed by atoms with Crippen molar-refractivity contribution in [2.45, 2.75) is 20.3 Å². The van der Waals surface area contributed by atoms with Gasteiger partial charge >= 0.3 is 0 Å². The number of benzene rings is 1. The van der Waals surface area contributed by atoms with Crippen molar-refractivity contribution in [3.8, 4) is 6.07 Å². The minimum Gasteiger partial charge on any atom is -0.369 e. The average Bonchev–Trinajstić information content (AvgIpc) is 2.30. The second-order valence-corrected chi connectivity index (χ2v) is 6.17. The SMILES string of the molecule is CC1(C)CCN(c2ccccc2Br)CC1C#N. The van der Waals surface area contributed by atoms with E-state index in [1.165, 1.54) is 5.69 Å². The Morgan fingerprint density at radius 3 is 2.76 bits per heavy atom. The summed E-state index contributed by atoms with van der Waals surface area (Å²) in [6.45, 7) is 6.23. The molecule has 0 radical (unpaired) electrons. The number of anilines is 1. The zero-order valence-corrected chi connectivity index (χ0v) is 11.9. The highest BCUT2D eigenvalue weighted by atomic mass is 79.9. The van der Waals surface area contributed by atoms with Crippen molar-refractivity contribution in [2.24, 2.45) is 11.3 Å². The van der Waals surface area contributed by atoms with Crippen LogP contribution in [0.2, 0.25) is 0 Å². The molecule has 0 spiro atoms. The molecule has 2 nitrogen and oxygen atoms in total. The van der Waals surface area contributed by atoms with Crippen LogP contribution in [0.3, 0.4) is 0 Å². The summed E-state index contributed by atoms with van der Waals surface area (Å²) in [5, 5.41) is 9.27. The van der Waals surface area contributed by atoms with Gasteiger partial charge < -0.3 is 4.90 Å². The predicted molar refractivity (Wildman–Crippen MR) is 73.9 cm³/mol. The van der Waals surface area contributed by atoms with Gasteiger partial charge in [0, 0.05) is 17.6 Å². The van der Waals surface area contributed by atoms with E-state index in [-0.39, 0.29) is 11.3 Å². The van der Waals surface area contributed by atoms with E-state index in [0.29, 0.717) is 0 Å². The molecule has 17 heavy (non-hydrogen) atoms. The number of hydrogen-bond donors (Lipinski definition) is 0. The van der Waals surface area contributed by atoms with Gasteiger partial charge in [0.2, 0.25) is 0 Å². The predicted octanol–water partition coefficient (Wildman–Crippen LogP) is 3.83. The molecule has 0 aromatic heterocycles. The van der Waals surface area contributed by atoms with Crippen molar-refractivity contribution < 1.29 is 0 Å². The average molecular weight is 293 g/mol. The quantitative estimate of drug-likeness (QED) is 0.787. The Morgan fingerprint density at radius 2 is 2.12 bits per heavy atom. The molecule has 1 fully saturated rings. The van der Waals surface area contributed by atoms with Gasteiger partial charge in [-0.3, -0.25) is 0 Å². The van der Waals surface area contributed by atoms with Gasteiger partial charge in [-0.1, -0.05) is 26.0 Å². The number of nitriles is 1. The summed E-state index contributed by atoms with van der Waals surface area (Å²) in [7, 11) is 0. The second kappa shape index (κ2) is 4.70. The van der Waals surface area contributed by atoms with Crippen molar-refractivity contribution >= 4 is 21.6 Å². The van der Waals surface area contributed by atoms with Gasteiger partial charge in [-0.25, -0.2) is 0 Å². The highest BCUT2D eigenvalue weighted by molar-refractivity contribution is 9.10. The number of nitrogens with zero attached hydrogens (tertiary/aromatic N) is 2. The molecule has 0 N–H and O–H groups in total. The van der Waals surface area contributed by atoms with Crippen molar-refractivity contribution in [3.05, 3.63) is 28.7 Å². The molecule has 1 heterocycles. The lowest BCUT2D eigenvalue weighted by Crippen LogP contribution is -2.44. The van der Waals surface area contributed by atoms with Gasteiger partial charge in [0.1, 0.15) is 0 Å². The van der Waals surface area contributed by atoms with Crippen LogP contribution in [0.5, 0.6) is 0 Å². The van der Waals surface area contributed by atoms with E-state index < -0.39 is 0 Å². The first kappa shape index (κ1) is 12.4. The number of para-hydroxylation sites is 1. The molecule has 2 rings (SSSR count). The van der Waals surface area contributed by atoms with E-state index in [0.717, 1.165) is 24.0 Å². The van der Waals surface area contributed by atoms with E-state index in [1.54, 1.807) is 0 Å². The van der Waals surface area contributed by atoms with Crippen LogP contribution in [0.25, 0.3) is 0 Å². The molecule has 1 saturated heterocycles. The van der Waals surface area contributed by atoms with E-state index in [2.05, 4.69) is 52.9 Å². The lowest BCUT2D eigenvalue weighted by molar-refractivity contribution is 0.217. The van der Waals surface area contributed by atoms with Crippen molar-refractivity contribution in [1.29, 1.82) is 5.26 Å². The van der Waals surface area contributed by atoms with E-state index in [1.807, 2.05) is 12.1 Å². The molecule has 1 unspecified atom stereocenters. The monoisotopic (exact) mass is 292 g/mol. The molecule has 0 bridgehead atoms. The Bertz CT molecular complexity index is 448. The highest BCUT2D eigenvalue weighted by Crippen LogP contribution is 2.38. The third-order valence-electron chi connectivity index (χ3n) is 3.72. The van der Waals surface area contributed by atoms with Gasteiger partial charge in [0.15, 0.2) is 0 Å². The Morgan fingerprint density at radius 1 is 1.41 bits per heavy atom. The summed E-state index contributed by atoms with van der Waals surface area (Å²) >= 11 is 3.58. The molecule has 0 saturated carbocycles. The molecular weight excluding hydrogens is 276 g/mol. The molecule has 1 aliphatic rings. The lowest BCUT2D eigenvalue weighted by Gasteiger charge is -2.42. The number of hydrogen-bond acceptors (Lipinski definition) is 2. The van der Waals surface area contributed by atoms with Crippen LogP contribution in [0.15, 0.2) is 28.7 Å². The topological polar surface area (TPSA) is 27.0 Å². The maximum Gasteiger partial charge on any atom is 0.0690 e. The van der Waals surface area contributed by atoms with Crippen molar-refractivity contribution in [2.75, 3.05) is 18.0 Å². The Labute approximate surface area is 111 Å². The highest BCUT2D eigenvalue weighted by Gasteiger charge is 2.35. The summed E-state index contributed by atoms with van der Waals surface area (Å²) in [5.41, 5.74) is 1.33. The smallest absolute Gasteiger partial charge is 0.0690 e. The third kappa shape index (κ3) is 2.47. The molecule has 1 atom stereocenters. The number of piperidine rings is 1. The van der Waals surface area contributed by atoms with E-state index in [4.69, 9.17) is 0 Å². The first-order chi connectivity index (χ1) is 8.04. The molecule has 90 valence electrons. The van der Waals surface area contributed by atoms with Crippen LogP contribution in [0.1, 0.15) is 20.3 Å². The van der Waals surface area contributed by atoms with Crippen molar-refractivity contribution in [1.82, 2.24) is 0 Å². The fourth-order valence-corrected chi connectivity index (χ4v) is 2.83. The molecule has 1 aromatic rings. The summed E-state index contributed by atoms with van der Waals surface area (Å²) in [6, 6.07) is 10.7. The lowest BCUT2D eigenvalue weighted by atomic mass is 9.74. The normalized spacial score (nSPS) is 23.2. The summed E-state index contributed by atoms with van der Waals surface area (Å²) in [5.74, 6) is 0.100. The molecule has 0 aliphatic carbocycles. The zero-order valence-electron chi connectivity index (χ0n) is 10.3. The van der Waals surface area contributed by atoms with Gasteiger partial charge in [0.05, 0.1) is 17.7 Å². The summed E-state index contributed by atoms with van der Waals surface area (Å²) in [4.78, 5) is 2.31. The first-order valence-corrected chi connectivity index (χ1v) is 6.73. The molecular formula is C14H17BrN2. The fraction of sp³-hybridized carbons (Fsp3) is 0.500. The standard InChI is InChI=1S/C14H17BrN2/c1-14(2)7-8-17(10-11(14)9-16)13-6-4-3-5-12(13)15/h3-6,11H,7-8,10H2,1-2H3. The zero-order chi connectivity index (χ0) is 12.5. The van der Waals surface area contributed by atoms with Crippen LogP contribution in [0.4, 0.5) is 5.69 Å². The van der Waals surface area contributed by atoms with Crippen LogP contribution in [-0.2, 0) is 0 Å². The molecule has 1 aromatic carbocycles. The molecule has 0 amide bonds. The number of rotatable bonds is 1. The summed E-state index contributed by atoms with van der Waals surface area (Å²) < 4.78 is 1.11. The number of halogens is 1. The summed E-state index contributed by atoms with van der Waals surface area (Å²) in [6.07, 6.45) is 1.06. The van der Waals surface area contributed by atoms with Crippen LogP contribution in [0, 0.1) is 22.7 Å². The minimum absolute atomic E-state index is 0.100. The largest absolute Gasteiger partial charge is 0.369 e. The third-order valence-corrected chi connectivity index (χ3v) is 4.39.